The Morgan fingerprint density at radius 3 is 2.56 bits per heavy atom. The number of nitrogens with zero attached hydrogens (tertiary/aromatic N) is 1. The smallest absolute Gasteiger partial charge is 0.251 e. The molecule has 0 saturated heterocycles. The van der Waals surface area contributed by atoms with Crippen LogP contribution in [0.25, 0.3) is 0 Å². The maximum Gasteiger partial charge on any atom is 0.251 e. The highest BCUT2D eigenvalue weighted by Crippen LogP contribution is 2.04. The fourth-order valence-electron chi connectivity index (χ4n) is 1.61. The summed E-state index contributed by atoms with van der Waals surface area (Å²) in [5, 5.41) is 2.91. The number of carbonyl (C=O) groups is 1. The summed E-state index contributed by atoms with van der Waals surface area (Å²) >= 11 is 0. The van der Waals surface area contributed by atoms with E-state index in [1.54, 1.807) is 0 Å². The van der Waals surface area contributed by atoms with E-state index in [0.717, 1.165) is 19.5 Å². The lowest BCUT2D eigenvalue weighted by molar-refractivity contribution is 0.0950. The van der Waals surface area contributed by atoms with E-state index in [9.17, 15) is 4.79 Å². The first kappa shape index (κ1) is 14.7. The molecule has 0 atom stereocenters. The third-order valence-corrected chi connectivity index (χ3v) is 2.97. The Balaban J connectivity index is 2.41. The number of hydrogen-bond donors (Lipinski definition) is 2. The number of hydrogen-bond acceptors (Lipinski definition) is 3. The van der Waals surface area contributed by atoms with E-state index in [1.807, 2.05) is 31.3 Å². The molecule has 18 heavy (non-hydrogen) atoms. The van der Waals surface area contributed by atoms with Gasteiger partial charge in [-0.1, -0.05) is 19.1 Å². The van der Waals surface area contributed by atoms with Crippen molar-refractivity contribution in [1.29, 1.82) is 0 Å². The van der Waals surface area contributed by atoms with Crippen molar-refractivity contribution in [3.8, 4) is 0 Å². The summed E-state index contributed by atoms with van der Waals surface area (Å²) in [7, 11) is 2.04. The average molecular weight is 249 g/mol. The molecule has 0 aromatic heterocycles. The molecule has 0 saturated carbocycles. The van der Waals surface area contributed by atoms with Gasteiger partial charge in [0.05, 0.1) is 0 Å². The Bertz CT molecular complexity index is 362. The molecule has 0 spiro atoms. The van der Waals surface area contributed by atoms with Gasteiger partial charge in [-0.3, -0.25) is 4.79 Å². The number of amides is 1. The normalized spacial score (nSPS) is 10.7. The number of likely N-dealkylation sites (N-methyl/N-ethyl adjacent to an activating group) is 1. The summed E-state index contributed by atoms with van der Waals surface area (Å²) in [5.41, 5.74) is 7.35. The van der Waals surface area contributed by atoms with Crippen molar-refractivity contribution in [3.63, 3.8) is 0 Å². The highest BCUT2D eigenvalue weighted by atomic mass is 16.1. The van der Waals surface area contributed by atoms with Gasteiger partial charge in [-0.25, -0.2) is 0 Å². The molecule has 1 aromatic rings. The second-order valence-corrected chi connectivity index (χ2v) is 4.39. The van der Waals surface area contributed by atoms with Crippen LogP contribution in [0.15, 0.2) is 24.3 Å². The first-order valence-corrected chi connectivity index (χ1v) is 6.43. The van der Waals surface area contributed by atoms with E-state index in [4.69, 9.17) is 5.73 Å². The maximum atomic E-state index is 11.8. The lowest BCUT2D eigenvalue weighted by atomic mass is 10.1. The molecule has 0 unspecified atom stereocenters. The molecule has 0 radical (unpaired) electrons. The first-order valence-electron chi connectivity index (χ1n) is 6.43. The lowest BCUT2D eigenvalue weighted by Gasteiger charge is -2.14. The van der Waals surface area contributed by atoms with Crippen LogP contribution in [0.3, 0.4) is 0 Å². The summed E-state index contributed by atoms with van der Waals surface area (Å²) in [6.45, 7) is 5.26. The molecule has 0 aliphatic carbocycles. The zero-order valence-corrected chi connectivity index (χ0v) is 11.3. The molecular formula is C14H23N3O. The van der Waals surface area contributed by atoms with Crippen LogP contribution in [0.5, 0.6) is 0 Å². The maximum absolute atomic E-state index is 11.8. The monoisotopic (exact) mass is 249 g/mol. The van der Waals surface area contributed by atoms with Crippen molar-refractivity contribution in [1.82, 2.24) is 10.2 Å². The summed E-state index contributed by atoms with van der Waals surface area (Å²) in [6, 6.07) is 7.62. The van der Waals surface area contributed by atoms with Gasteiger partial charge in [-0.15, -0.1) is 0 Å². The molecule has 4 nitrogen and oxygen atoms in total. The molecule has 0 heterocycles. The van der Waals surface area contributed by atoms with Gasteiger partial charge < -0.3 is 16.0 Å². The number of rotatable bonds is 7. The standard InChI is InChI=1S/C14H23N3O/c1-3-17(2)11-10-16-14(18)13-6-4-12(5-7-13)8-9-15/h4-7H,3,8-11,15H2,1-2H3,(H,16,18). The van der Waals surface area contributed by atoms with Gasteiger partial charge in [0.2, 0.25) is 0 Å². The topological polar surface area (TPSA) is 58.4 Å². The number of nitrogens with one attached hydrogen (secondary N) is 1. The Morgan fingerprint density at radius 2 is 2.00 bits per heavy atom. The van der Waals surface area contributed by atoms with Crippen LogP contribution in [0.1, 0.15) is 22.8 Å². The third-order valence-electron chi connectivity index (χ3n) is 2.97. The first-order chi connectivity index (χ1) is 8.67. The van der Waals surface area contributed by atoms with E-state index in [1.165, 1.54) is 5.56 Å². The van der Waals surface area contributed by atoms with E-state index in [2.05, 4.69) is 17.1 Å². The van der Waals surface area contributed by atoms with Crippen LogP contribution in [0, 0.1) is 0 Å². The average Bonchev–Trinajstić information content (AvgIpc) is 2.39. The Morgan fingerprint density at radius 1 is 1.33 bits per heavy atom. The molecule has 0 fully saturated rings. The number of carbonyl (C=O) groups excluding carboxylic acids is 1. The Labute approximate surface area is 109 Å². The van der Waals surface area contributed by atoms with Crippen LogP contribution < -0.4 is 11.1 Å². The van der Waals surface area contributed by atoms with Crippen molar-refractivity contribution in [2.24, 2.45) is 5.73 Å². The second-order valence-electron chi connectivity index (χ2n) is 4.39. The van der Waals surface area contributed by atoms with Gasteiger partial charge in [-0.2, -0.15) is 0 Å². The highest BCUT2D eigenvalue weighted by molar-refractivity contribution is 5.94. The van der Waals surface area contributed by atoms with E-state index in [-0.39, 0.29) is 5.91 Å². The molecular weight excluding hydrogens is 226 g/mol. The van der Waals surface area contributed by atoms with Crippen molar-refractivity contribution in [2.75, 3.05) is 33.2 Å². The van der Waals surface area contributed by atoms with Crippen LogP contribution in [0.4, 0.5) is 0 Å². The molecule has 1 amide bonds. The second kappa shape index (κ2) is 7.84. The quantitative estimate of drug-likeness (QED) is 0.754. The molecule has 1 rings (SSSR count). The van der Waals surface area contributed by atoms with Gasteiger partial charge in [0, 0.05) is 18.7 Å². The summed E-state index contributed by atoms with van der Waals surface area (Å²) in [5.74, 6) is -0.0150. The summed E-state index contributed by atoms with van der Waals surface area (Å²) in [6.07, 6.45) is 0.850. The minimum atomic E-state index is -0.0150. The van der Waals surface area contributed by atoms with Gasteiger partial charge in [0.25, 0.3) is 5.91 Å². The molecule has 3 N–H and O–H groups in total. The molecule has 0 aliphatic heterocycles. The van der Waals surface area contributed by atoms with Crippen molar-refractivity contribution >= 4 is 5.91 Å². The van der Waals surface area contributed by atoms with Gasteiger partial charge in [0.15, 0.2) is 0 Å². The largest absolute Gasteiger partial charge is 0.351 e. The minimum absolute atomic E-state index is 0.0150. The van der Waals surface area contributed by atoms with Crippen LogP contribution in [-0.4, -0.2) is 44.0 Å². The lowest BCUT2D eigenvalue weighted by Crippen LogP contribution is -2.32. The van der Waals surface area contributed by atoms with E-state index >= 15 is 0 Å². The zero-order chi connectivity index (χ0) is 13.4. The zero-order valence-electron chi connectivity index (χ0n) is 11.3. The molecule has 0 bridgehead atoms. The molecule has 1 aromatic carbocycles. The van der Waals surface area contributed by atoms with Gasteiger partial charge in [0.1, 0.15) is 0 Å². The molecule has 100 valence electrons. The summed E-state index contributed by atoms with van der Waals surface area (Å²) < 4.78 is 0. The van der Waals surface area contributed by atoms with Gasteiger partial charge in [-0.05, 0) is 44.3 Å². The third kappa shape index (κ3) is 4.85. The number of benzene rings is 1. The predicted molar refractivity (Wildman–Crippen MR) is 74.7 cm³/mol. The number of nitrogens with two attached hydrogens (primary N) is 1. The van der Waals surface area contributed by atoms with E-state index < -0.39 is 0 Å². The predicted octanol–water partition coefficient (Wildman–Crippen LogP) is 0.869. The van der Waals surface area contributed by atoms with Crippen molar-refractivity contribution < 1.29 is 4.79 Å². The minimum Gasteiger partial charge on any atom is -0.351 e. The van der Waals surface area contributed by atoms with Gasteiger partial charge >= 0.3 is 0 Å². The fourth-order valence-corrected chi connectivity index (χ4v) is 1.61. The fraction of sp³-hybridized carbons (Fsp3) is 0.500. The van der Waals surface area contributed by atoms with Crippen LogP contribution in [-0.2, 0) is 6.42 Å². The molecule has 4 heteroatoms. The highest BCUT2D eigenvalue weighted by Gasteiger charge is 2.04. The van der Waals surface area contributed by atoms with Crippen LogP contribution in [0.2, 0.25) is 0 Å². The molecule has 0 aliphatic rings. The summed E-state index contributed by atoms with van der Waals surface area (Å²) in [4.78, 5) is 14.0. The Kier molecular flexibility index (Phi) is 6.39. The van der Waals surface area contributed by atoms with Crippen molar-refractivity contribution in [3.05, 3.63) is 35.4 Å². The van der Waals surface area contributed by atoms with Crippen LogP contribution >= 0.6 is 0 Å². The van der Waals surface area contributed by atoms with E-state index in [0.29, 0.717) is 18.7 Å². The van der Waals surface area contributed by atoms with Crippen molar-refractivity contribution in [2.45, 2.75) is 13.3 Å². The SMILES string of the molecule is CCN(C)CCNC(=O)c1ccc(CCN)cc1. The Hall–Kier alpha value is -1.39.